The summed E-state index contributed by atoms with van der Waals surface area (Å²) in [6, 6.07) is 4.52. The summed E-state index contributed by atoms with van der Waals surface area (Å²) in [6.07, 6.45) is -15.6. The maximum Gasteiger partial charge on any atom is 0.422 e. The number of anilines is 1. The molecule has 1 aliphatic heterocycles. The van der Waals surface area contributed by atoms with Gasteiger partial charge in [-0.15, -0.1) is 0 Å². The SMILES string of the molecule is Cc1cc(N2C[C@H](S(=O)(=O)c3ccc(OCC(F)(F)F)cc3C(F)(F)F)C[C@H]2C(=O)O)n(-c2ccc(C(F)(F)F)cc2)n1. The van der Waals surface area contributed by atoms with Crippen molar-refractivity contribution in [2.75, 3.05) is 18.1 Å². The quantitative estimate of drug-likeness (QED) is 0.331. The summed E-state index contributed by atoms with van der Waals surface area (Å²) in [5.41, 5.74) is -2.46. The maximum atomic E-state index is 13.9. The number of alkyl halides is 9. The fourth-order valence-corrected chi connectivity index (χ4v) is 6.49. The minimum absolute atomic E-state index is 0.0469. The number of sulfone groups is 1. The molecule has 2 heterocycles. The Morgan fingerprint density at radius 2 is 1.60 bits per heavy atom. The summed E-state index contributed by atoms with van der Waals surface area (Å²) in [6.45, 7) is -1.11. The van der Waals surface area contributed by atoms with Crippen LogP contribution < -0.4 is 9.64 Å². The first kappa shape index (κ1) is 32.0. The molecule has 1 saturated heterocycles. The summed E-state index contributed by atoms with van der Waals surface area (Å²) >= 11 is 0. The van der Waals surface area contributed by atoms with Crippen LogP contribution in [0.1, 0.15) is 23.2 Å². The zero-order chi connectivity index (χ0) is 32.1. The van der Waals surface area contributed by atoms with Gasteiger partial charge in [0.25, 0.3) is 0 Å². The molecule has 0 amide bonds. The molecule has 1 fully saturated rings. The highest BCUT2D eigenvalue weighted by atomic mass is 32.2. The van der Waals surface area contributed by atoms with E-state index in [4.69, 9.17) is 0 Å². The van der Waals surface area contributed by atoms with E-state index in [2.05, 4.69) is 9.84 Å². The number of rotatable bonds is 7. The molecule has 1 aliphatic rings. The van der Waals surface area contributed by atoms with E-state index in [-0.39, 0.29) is 23.3 Å². The van der Waals surface area contributed by atoms with Crippen LogP contribution >= 0.6 is 0 Å². The number of carbonyl (C=O) groups is 1. The molecule has 234 valence electrons. The van der Waals surface area contributed by atoms with E-state index in [0.717, 1.165) is 33.8 Å². The molecule has 3 aromatic rings. The van der Waals surface area contributed by atoms with Crippen LogP contribution in [0.5, 0.6) is 5.75 Å². The molecule has 18 heteroatoms. The van der Waals surface area contributed by atoms with Gasteiger partial charge in [-0.25, -0.2) is 17.9 Å². The zero-order valence-electron chi connectivity index (χ0n) is 21.6. The van der Waals surface area contributed by atoms with Crippen LogP contribution in [0.3, 0.4) is 0 Å². The number of aryl methyl sites for hydroxylation is 1. The van der Waals surface area contributed by atoms with Crippen molar-refractivity contribution in [3.8, 4) is 11.4 Å². The molecule has 4 rings (SSSR count). The van der Waals surface area contributed by atoms with Gasteiger partial charge in [0.1, 0.15) is 17.6 Å². The lowest BCUT2D eigenvalue weighted by atomic mass is 10.2. The van der Waals surface area contributed by atoms with Crippen molar-refractivity contribution in [1.29, 1.82) is 0 Å². The van der Waals surface area contributed by atoms with Crippen LogP contribution in [0, 0.1) is 6.92 Å². The van der Waals surface area contributed by atoms with Crippen LogP contribution in [-0.2, 0) is 27.0 Å². The van der Waals surface area contributed by atoms with Gasteiger partial charge in [-0.1, -0.05) is 0 Å². The first-order chi connectivity index (χ1) is 19.7. The third kappa shape index (κ3) is 6.83. The van der Waals surface area contributed by atoms with Crippen LogP contribution in [-0.4, -0.2) is 59.9 Å². The summed E-state index contributed by atoms with van der Waals surface area (Å²) in [5.74, 6) is -2.48. The van der Waals surface area contributed by atoms with E-state index in [1.54, 1.807) is 0 Å². The lowest BCUT2D eigenvalue weighted by Gasteiger charge is -2.24. The standard InChI is InChI=1S/C25H20F9N3O5S/c1-13-8-21(37(35-13)15-4-2-14(3-5-15)24(29,30)31)36-11-17(10-19(36)22(38)39)43(40,41)20-7-6-16(42-12-23(26,27)28)9-18(20)25(32,33)34/h2-9,17,19H,10-12H2,1H3,(H,38,39)/t17-,19+/m1/s1. The van der Waals surface area contributed by atoms with Crippen LogP contribution in [0.15, 0.2) is 53.4 Å². The molecule has 43 heavy (non-hydrogen) atoms. The van der Waals surface area contributed by atoms with Crippen molar-refractivity contribution in [1.82, 2.24) is 9.78 Å². The molecular formula is C25H20F9N3O5S. The molecule has 2 atom stereocenters. The Balaban J connectivity index is 1.72. The lowest BCUT2D eigenvalue weighted by Crippen LogP contribution is -2.37. The lowest BCUT2D eigenvalue weighted by molar-refractivity contribution is -0.153. The van der Waals surface area contributed by atoms with E-state index in [9.17, 15) is 57.8 Å². The third-order valence-corrected chi connectivity index (χ3v) is 8.69. The number of halogens is 9. The van der Waals surface area contributed by atoms with Gasteiger partial charge in [0.2, 0.25) is 0 Å². The molecule has 0 spiro atoms. The number of carboxylic acids is 1. The minimum atomic E-state index is -5.34. The van der Waals surface area contributed by atoms with E-state index in [1.165, 1.54) is 13.0 Å². The predicted octanol–water partition coefficient (Wildman–Crippen LogP) is 5.67. The monoisotopic (exact) mass is 645 g/mol. The molecule has 0 saturated carbocycles. The Morgan fingerprint density at radius 3 is 2.14 bits per heavy atom. The highest BCUT2D eigenvalue weighted by molar-refractivity contribution is 7.92. The third-order valence-electron chi connectivity index (χ3n) is 6.50. The van der Waals surface area contributed by atoms with Gasteiger partial charge in [-0.05, 0) is 55.8 Å². The van der Waals surface area contributed by atoms with Crippen molar-refractivity contribution < 1.29 is 62.6 Å². The normalized spacial score (nSPS) is 18.2. The van der Waals surface area contributed by atoms with Crippen molar-refractivity contribution in [2.24, 2.45) is 0 Å². The first-order valence-corrected chi connectivity index (χ1v) is 13.6. The Labute approximate surface area is 237 Å². The topological polar surface area (TPSA) is 102 Å². The van der Waals surface area contributed by atoms with Crippen LogP contribution in [0.4, 0.5) is 45.3 Å². The molecule has 0 bridgehead atoms. The number of hydrogen-bond acceptors (Lipinski definition) is 6. The van der Waals surface area contributed by atoms with Crippen molar-refractivity contribution >= 4 is 21.6 Å². The fourth-order valence-electron chi connectivity index (χ4n) is 4.59. The van der Waals surface area contributed by atoms with E-state index >= 15 is 0 Å². The molecule has 0 radical (unpaired) electrons. The Hall–Kier alpha value is -3.96. The fraction of sp³-hybridized carbons (Fsp3) is 0.360. The highest BCUT2D eigenvalue weighted by Gasteiger charge is 2.47. The smallest absolute Gasteiger partial charge is 0.422 e. The molecule has 1 aromatic heterocycles. The second kappa shape index (κ2) is 10.9. The van der Waals surface area contributed by atoms with Crippen LogP contribution in [0.25, 0.3) is 5.69 Å². The van der Waals surface area contributed by atoms with Crippen LogP contribution in [0.2, 0.25) is 0 Å². The number of carboxylic acid groups (broad SMARTS) is 1. The van der Waals surface area contributed by atoms with Crippen molar-refractivity contribution in [2.45, 2.75) is 48.1 Å². The van der Waals surface area contributed by atoms with Gasteiger partial charge in [-0.2, -0.15) is 44.6 Å². The van der Waals surface area contributed by atoms with Gasteiger partial charge in [0, 0.05) is 12.6 Å². The number of hydrogen-bond donors (Lipinski definition) is 1. The van der Waals surface area contributed by atoms with Gasteiger partial charge < -0.3 is 14.7 Å². The summed E-state index contributed by atoms with van der Waals surface area (Å²) in [4.78, 5) is 11.9. The number of ether oxygens (including phenoxy) is 1. The molecule has 0 aliphatic carbocycles. The average Bonchev–Trinajstić information content (AvgIpc) is 3.50. The summed E-state index contributed by atoms with van der Waals surface area (Å²) < 4.78 is 151. The van der Waals surface area contributed by atoms with Gasteiger partial charge in [-0.3, -0.25) is 0 Å². The maximum absolute atomic E-state index is 13.9. The molecule has 1 N–H and O–H groups in total. The van der Waals surface area contributed by atoms with E-state index in [1.807, 2.05) is 0 Å². The Morgan fingerprint density at radius 1 is 0.977 bits per heavy atom. The van der Waals surface area contributed by atoms with Gasteiger partial charge in [0.05, 0.1) is 32.7 Å². The number of aromatic nitrogens is 2. The molecule has 8 nitrogen and oxygen atoms in total. The molecular weight excluding hydrogens is 625 g/mol. The summed E-state index contributed by atoms with van der Waals surface area (Å²) in [5, 5.41) is 12.3. The molecule has 0 unspecified atom stereocenters. The van der Waals surface area contributed by atoms with Crippen molar-refractivity contribution in [3.63, 3.8) is 0 Å². The van der Waals surface area contributed by atoms with E-state index in [0.29, 0.717) is 12.1 Å². The first-order valence-electron chi connectivity index (χ1n) is 12.1. The Bertz CT molecular complexity index is 1610. The minimum Gasteiger partial charge on any atom is -0.484 e. The average molecular weight is 646 g/mol. The number of nitrogens with zero attached hydrogens (tertiary/aromatic N) is 3. The summed E-state index contributed by atoms with van der Waals surface area (Å²) in [7, 11) is -4.97. The Kier molecular flexibility index (Phi) is 8.14. The second-order valence-corrected chi connectivity index (χ2v) is 11.8. The number of aliphatic carboxylic acids is 1. The second-order valence-electron chi connectivity index (χ2n) is 9.57. The predicted molar refractivity (Wildman–Crippen MR) is 131 cm³/mol. The molecule has 2 aromatic carbocycles. The highest BCUT2D eigenvalue weighted by Crippen LogP contribution is 2.41. The van der Waals surface area contributed by atoms with Gasteiger partial charge >= 0.3 is 24.5 Å². The number of benzene rings is 2. The van der Waals surface area contributed by atoms with E-state index < -0.39 is 87.0 Å². The van der Waals surface area contributed by atoms with Gasteiger partial charge in [0.15, 0.2) is 16.4 Å². The largest absolute Gasteiger partial charge is 0.484 e. The zero-order valence-corrected chi connectivity index (χ0v) is 22.4. The van der Waals surface area contributed by atoms with Crippen molar-refractivity contribution in [3.05, 3.63) is 65.4 Å².